The highest BCUT2D eigenvalue weighted by molar-refractivity contribution is 5.77. The predicted octanol–water partition coefficient (Wildman–Crippen LogP) is 3.83. The number of piperazine rings is 1. The maximum atomic E-state index is 3.45. The number of nitrogens with one attached hydrogen (secondary N) is 1. The second-order valence-electron chi connectivity index (χ2n) is 5.94. The van der Waals surface area contributed by atoms with Crippen LogP contribution in [0.5, 0.6) is 0 Å². The summed E-state index contributed by atoms with van der Waals surface area (Å²) in [5.41, 5.74) is 4.51. The monoisotopic (exact) mass is 270 g/mol. The summed E-state index contributed by atoms with van der Waals surface area (Å²) in [4.78, 5) is 2.55. The third kappa shape index (κ3) is 3.24. The summed E-state index contributed by atoms with van der Waals surface area (Å²) in [5, 5.41) is 3.45. The van der Waals surface area contributed by atoms with E-state index in [-0.39, 0.29) is 0 Å². The fourth-order valence-electron chi connectivity index (χ4n) is 3.36. The molecule has 1 fully saturated rings. The van der Waals surface area contributed by atoms with E-state index in [1.165, 1.54) is 49.8 Å². The molecule has 0 spiro atoms. The Kier molecular flexibility index (Phi) is 4.75. The molecule has 1 aromatic carbocycles. The van der Waals surface area contributed by atoms with Gasteiger partial charge in [0, 0.05) is 37.4 Å². The van der Waals surface area contributed by atoms with Crippen LogP contribution in [0.1, 0.15) is 44.1 Å². The topological polar surface area (TPSA) is 15.3 Å². The van der Waals surface area contributed by atoms with Gasteiger partial charge in [0.05, 0.1) is 0 Å². The molecule has 2 heteroatoms. The van der Waals surface area contributed by atoms with Crippen molar-refractivity contribution in [2.24, 2.45) is 0 Å². The van der Waals surface area contributed by atoms with Gasteiger partial charge in [-0.05, 0) is 37.3 Å². The van der Waals surface area contributed by atoms with Gasteiger partial charge in [0.2, 0.25) is 0 Å². The van der Waals surface area contributed by atoms with Crippen molar-refractivity contribution in [1.82, 2.24) is 5.32 Å². The SMILES string of the molecule is C1=C(/c2ccccc2N2CCNCC2)CCCCCC/1. The highest BCUT2D eigenvalue weighted by atomic mass is 15.2. The summed E-state index contributed by atoms with van der Waals surface area (Å²) >= 11 is 0. The Morgan fingerprint density at radius 3 is 2.60 bits per heavy atom. The Morgan fingerprint density at radius 2 is 1.70 bits per heavy atom. The van der Waals surface area contributed by atoms with Gasteiger partial charge in [0.15, 0.2) is 0 Å². The molecule has 0 aromatic heterocycles. The zero-order valence-corrected chi connectivity index (χ0v) is 12.4. The first-order valence-corrected chi connectivity index (χ1v) is 8.19. The van der Waals surface area contributed by atoms with Gasteiger partial charge in [-0.25, -0.2) is 0 Å². The van der Waals surface area contributed by atoms with Crippen LogP contribution in [0.4, 0.5) is 5.69 Å². The molecule has 2 nitrogen and oxygen atoms in total. The van der Waals surface area contributed by atoms with E-state index >= 15 is 0 Å². The number of allylic oxidation sites excluding steroid dienone is 2. The van der Waals surface area contributed by atoms with E-state index in [9.17, 15) is 0 Å². The summed E-state index contributed by atoms with van der Waals surface area (Å²) in [6.07, 6.45) is 10.5. The molecule has 20 heavy (non-hydrogen) atoms. The number of anilines is 1. The van der Waals surface area contributed by atoms with E-state index in [2.05, 4.69) is 40.6 Å². The van der Waals surface area contributed by atoms with Crippen LogP contribution >= 0.6 is 0 Å². The van der Waals surface area contributed by atoms with Crippen LogP contribution in [-0.2, 0) is 0 Å². The van der Waals surface area contributed by atoms with Crippen LogP contribution < -0.4 is 10.2 Å². The molecule has 1 aliphatic carbocycles. The zero-order chi connectivity index (χ0) is 13.6. The Bertz CT molecular complexity index is 458. The van der Waals surface area contributed by atoms with E-state index in [4.69, 9.17) is 0 Å². The van der Waals surface area contributed by atoms with Gasteiger partial charge in [-0.1, -0.05) is 37.1 Å². The molecule has 1 N–H and O–H groups in total. The maximum absolute atomic E-state index is 3.45. The molecule has 0 radical (unpaired) electrons. The minimum atomic E-state index is 1.10. The molecule has 0 atom stereocenters. The largest absolute Gasteiger partial charge is 0.368 e. The van der Waals surface area contributed by atoms with Gasteiger partial charge in [0.1, 0.15) is 0 Å². The first kappa shape index (κ1) is 13.7. The van der Waals surface area contributed by atoms with Crippen LogP contribution in [0, 0.1) is 0 Å². The molecule has 1 aromatic rings. The second kappa shape index (κ2) is 6.94. The molecule has 1 saturated heterocycles. The molecule has 0 unspecified atom stereocenters. The van der Waals surface area contributed by atoms with E-state index in [1.807, 2.05) is 0 Å². The van der Waals surface area contributed by atoms with Crippen molar-refractivity contribution >= 4 is 11.3 Å². The number of benzene rings is 1. The van der Waals surface area contributed by atoms with Crippen LogP contribution in [0.3, 0.4) is 0 Å². The Labute approximate surface area is 122 Å². The van der Waals surface area contributed by atoms with E-state index in [1.54, 1.807) is 5.57 Å². The molecule has 0 amide bonds. The molecule has 1 heterocycles. The first-order valence-electron chi connectivity index (χ1n) is 8.19. The van der Waals surface area contributed by atoms with Gasteiger partial charge in [-0.15, -0.1) is 0 Å². The Hall–Kier alpha value is -1.28. The predicted molar refractivity (Wildman–Crippen MR) is 87.2 cm³/mol. The highest BCUT2D eigenvalue weighted by Crippen LogP contribution is 2.32. The van der Waals surface area contributed by atoms with Crippen molar-refractivity contribution in [2.75, 3.05) is 31.1 Å². The number of para-hydroxylation sites is 1. The van der Waals surface area contributed by atoms with Crippen LogP contribution in [0.25, 0.3) is 5.57 Å². The van der Waals surface area contributed by atoms with Crippen molar-refractivity contribution in [1.29, 1.82) is 0 Å². The minimum Gasteiger partial charge on any atom is -0.368 e. The first-order chi connectivity index (χ1) is 9.95. The van der Waals surface area contributed by atoms with E-state index in [0.29, 0.717) is 0 Å². The summed E-state index contributed by atoms with van der Waals surface area (Å²) in [6.45, 7) is 4.47. The van der Waals surface area contributed by atoms with Crippen molar-refractivity contribution in [2.45, 2.75) is 38.5 Å². The number of hydrogen-bond acceptors (Lipinski definition) is 2. The third-order valence-electron chi connectivity index (χ3n) is 4.50. The lowest BCUT2D eigenvalue weighted by Gasteiger charge is -2.31. The maximum Gasteiger partial charge on any atom is 0.0443 e. The third-order valence-corrected chi connectivity index (χ3v) is 4.50. The summed E-state index contributed by atoms with van der Waals surface area (Å²) in [6, 6.07) is 9.01. The summed E-state index contributed by atoms with van der Waals surface area (Å²) in [5.74, 6) is 0. The van der Waals surface area contributed by atoms with Crippen LogP contribution in [0.2, 0.25) is 0 Å². The lowest BCUT2D eigenvalue weighted by atomic mass is 9.93. The van der Waals surface area contributed by atoms with Gasteiger partial charge < -0.3 is 10.2 Å². The van der Waals surface area contributed by atoms with Gasteiger partial charge in [-0.3, -0.25) is 0 Å². The Morgan fingerprint density at radius 1 is 0.900 bits per heavy atom. The summed E-state index contributed by atoms with van der Waals surface area (Å²) < 4.78 is 0. The normalized spacial score (nSPS) is 23.6. The molecular formula is C18H26N2. The lowest BCUT2D eigenvalue weighted by Crippen LogP contribution is -2.43. The molecule has 1 aliphatic heterocycles. The van der Waals surface area contributed by atoms with E-state index < -0.39 is 0 Å². The minimum absolute atomic E-state index is 1.10. The molecule has 0 saturated carbocycles. The lowest BCUT2D eigenvalue weighted by molar-refractivity contribution is 0.588. The smallest absolute Gasteiger partial charge is 0.0443 e. The highest BCUT2D eigenvalue weighted by Gasteiger charge is 2.16. The van der Waals surface area contributed by atoms with Gasteiger partial charge >= 0.3 is 0 Å². The van der Waals surface area contributed by atoms with E-state index in [0.717, 1.165) is 26.2 Å². The molecule has 3 rings (SSSR count). The average molecular weight is 270 g/mol. The van der Waals surface area contributed by atoms with Crippen LogP contribution in [0.15, 0.2) is 30.3 Å². The number of rotatable bonds is 2. The van der Waals surface area contributed by atoms with Crippen molar-refractivity contribution in [3.05, 3.63) is 35.9 Å². The fraction of sp³-hybridized carbons (Fsp3) is 0.556. The number of hydrogen-bond donors (Lipinski definition) is 1. The molecular weight excluding hydrogens is 244 g/mol. The van der Waals surface area contributed by atoms with Gasteiger partial charge in [0.25, 0.3) is 0 Å². The fourth-order valence-corrected chi connectivity index (χ4v) is 3.36. The Balaban J connectivity index is 1.87. The second-order valence-corrected chi connectivity index (χ2v) is 5.94. The van der Waals surface area contributed by atoms with Crippen molar-refractivity contribution < 1.29 is 0 Å². The molecule has 2 aliphatic rings. The van der Waals surface area contributed by atoms with Crippen molar-refractivity contribution in [3.63, 3.8) is 0 Å². The van der Waals surface area contributed by atoms with Crippen LogP contribution in [-0.4, -0.2) is 26.2 Å². The standard InChI is InChI=1S/C18H26N2/c1-2-4-8-16(9-5-3-1)17-10-6-7-11-18(17)20-14-12-19-13-15-20/h6-8,10-11,19H,1-5,9,12-15H2/b16-8+. The molecule has 0 bridgehead atoms. The summed E-state index contributed by atoms with van der Waals surface area (Å²) in [7, 11) is 0. The average Bonchev–Trinajstić information content (AvgIpc) is 2.48. The number of nitrogens with zero attached hydrogens (tertiary/aromatic N) is 1. The van der Waals surface area contributed by atoms with Gasteiger partial charge in [-0.2, -0.15) is 0 Å². The van der Waals surface area contributed by atoms with Crippen molar-refractivity contribution in [3.8, 4) is 0 Å². The quantitative estimate of drug-likeness (QED) is 0.878. The molecule has 108 valence electrons. The zero-order valence-electron chi connectivity index (χ0n) is 12.4.